The van der Waals surface area contributed by atoms with Crippen LogP contribution >= 0.6 is 0 Å². The Hall–Kier alpha value is -2.95. The van der Waals surface area contributed by atoms with Crippen molar-refractivity contribution in [3.8, 4) is 16.9 Å². The van der Waals surface area contributed by atoms with E-state index in [9.17, 15) is 4.39 Å². The highest BCUT2D eigenvalue weighted by Gasteiger charge is 2.26. The Kier molecular flexibility index (Phi) is 2.82. The fourth-order valence-corrected chi connectivity index (χ4v) is 3.52. The van der Waals surface area contributed by atoms with Crippen molar-refractivity contribution in [3.63, 3.8) is 0 Å². The predicted octanol–water partition coefficient (Wildman–Crippen LogP) is 3.97. The molecule has 0 bridgehead atoms. The standard InChI is InChI=1S/C19H15FN4/c20-15-8-3-2-7-14(15)18-19(17-10-5-11-23(17)22-18)24-16-9-4-1-6-13(16)12-21-24/h1-4,6-9,12H,5,10-11H2. The number of rotatable bonds is 2. The van der Waals surface area contributed by atoms with Gasteiger partial charge < -0.3 is 0 Å². The van der Waals surface area contributed by atoms with Crippen LogP contribution in [-0.2, 0) is 13.0 Å². The highest BCUT2D eigenvalue weighted by Crippen LogP contribution is 2.35. The molecule has 5 heteroatoms. The first kappa shape index (κ1) is 13.5. The number of aryl methyl sites for hydroxylation is 1. The summed E-state index contributed by atoms with van der Waals surface area (Å²) >= 11 is 0. The van der Waals surface area contributed by atoms with Crippen LogP contribution in [0.5, 0.6) is 0 Å². The summed E-state index contributed by atoms with van der Waals surface area (Å²) in [6, 6.07) is 14.9. The molecule has 118 valence electrons. The summed E-state index contributed by atoms with van der Waals surface area (Å²) in [6.07, 6.45) is 3.84. The van der Waals surface area contributed by atoms with E-state index in [1.807, 2.05) is 45.9 Å². The minimum Gasteiger partial charge on any atom is -0.267 e. The molecule has 2 aromatic heterocycles. The Labute approximate surface area is 138 Å². The Morgan fingerprint density at radius 3 is 2.75 bits per heavy atom. The molecule has 0 unspecified atom stereocenters. The van der Waals surface area contributed by atoms with Gasteiger partial charge in [0, 0.05) is 17.5 Å². The first-order chi connectivity index (χ1) is 11.8. The summed E-state index contributed by atoms with van der Waals surface area (Å²) in [5, 5.41) is 10.3. The number of para-hydroxylation sites is 1. The molecular weight excluding hydrogens is 303 g/mol. The molecule has 0 fully saturated rings. The Balaban J connectivity index is 1.84. The van der Waals surface area contributed by atoms with Crippen molar-refractivity contribution in [2.75, 3.05) is 0 Å². The molecule has 0 saturated heterocycles. The van der Waals surface area contributed by atoms with E-state index in [1.165, 1.54) is 6.07 Å². The molecular formula is C19H15FN4. The lowest BCUT2D eigenvalue weighted by atomic mass is 10.1. The van der Waals surface area contributed by atoms with E-state index in [1.54, 1.807) is 12.1 Å². The lowest BCUT2D eigenvalue weighted by Crippen LogP contribution is -2.01. The van der Waals surface area contributed by atoms with Crippen LogP contribution in [-0.4, -0.2) is 19.6 Å². The van der Waals surface area contributed by atoms with Crippen LogP contribution in [0.25, 0.3) is 27.8 Å². The molecule has 1 aliphatic heterocycles. The topological polar surface area (TPSA) is 35.6 Å². The van der Waals surface area contributed by atoms with Crippen LogP contribution in [0.15, 0.2) is 54.7 Å². The first-order valence-electron chi connectivity index (χ1n) is 8.10. The van der Waals surface area contributed by atoms with Crippen molar-refractivity contribution >= 4 is 10.9 Å². The Morgan fingerprint density at radius 1 is 1.00 bits per heavy atom. The molecule has 5 rings (SSSR count). The molecule has 24 heavy (non-hydrogen) atoms. The number of hydrogen-bond donors (Lipinski definition) is 0. The van der Waals surface area contributed by atoms with Gasteiger partial charge in [-0.15, -0.1) is 0 Å². The second kappa shape index (κ2) is 5.03. The van der Waals surface area contributed by atoms with E-state index in [-0.39, 0.29) is 5.82 Å². The van der Waals surface area contributed by atoms with Gasteiger partial charge in [-0.2, -0.15) is 10.2 Å². The fourth-order valence-electron chi connectivity index (χ4n) is 3.52. The molecule has 0 spiro atoms. The molecule has 0 saturated carbocycles. The zero-order chi connectivity index (χ0) is 16.1. The maximum Gasteiger partial charge on any atom is 0.132 e. The van der Waals surface area contributed by atoms with Crippen LogP contribution in [0.3, 0.4) is 0 Å². The fraction of sp³-hybridized carbons (Fsp3) is 0.158. The summed E-state index contributed by atoms with van der Waals surface area (Å²) in [6.45, 7) is 0.871. The number of benzene rings is 2. The molecule has 0 N–H and O–H groups in total. The van der Waals surface area contributed by atoms with Gasteiger partial charge in [0.25, 0.3) is 0 Å². The number of halogens is 1. The molecule has 0 amide bonds. The van der Waals surface area contributed by atoms with Gasteiger partial charge in [-0.3, -0.25) is 4.68 Å². The SMILES string of the molecule is Fc1ccccc1-c1nn2c(c1-n1ncc3ccccc31)CCC2. The van der Waals surface area contributed by atoms with E-state index in [2.05, 4.69) is 5.10 Å². The third-order valence-electron chi connectivity index (χ3n) is 4.63. The normalized spacial score (nSPS) is 13.5. The Bertz CT molecular complexity index is 1060. The average molecular weight is 318 g/mol. The van der Waals surface area contributed by atoms with Crippen molar-refractivity contribution < 1.29 is 4.39 Å². The van der Waals surface area contributed by atoms with E-state index >= 15 is 0 Å². The summed E-state index contributed by atoms with van der Waals surface area (Å²) < 4.78 is 18.3. The molecule has 4 nitrogen and oxygen atoms in total. The molecule has 2 aromatic carbocycles. The van der Waals surface area contributed by atoms with Crippen LogP contribution in [0.1, 0.15) is 12.1 Å². The van der Waals surface area contributed by atoms with Crippen molar-refractivity contribution in [2.24, 2.45) is 0 Å². The van der Waals surface area contributed by atoms with Gasteiger partial charge in [-0.1, -0.05) is 30.3 Å². The Morgan fingerprint density at radius 2 is 1.83 bits per heavy atom. The van der Waals surface area contributed by atoms with Gasteiger partial charge in [-0.05, 0) is 31.0 Å². The van der Waals surface area contributed by atoms with Gasteiger partial charge in [0.05, 0.1) is 17.4 Å². The van der Waals surface area contributed by atoms with Gasteiger partial charge in [0.15, 0.2) is 0 Å². The molecule has 1 aliphatic rings. The molecule has 0 aliphatic carbocycles. The second-order valence-electron chi connectivity index (χ2n) is 6.07. The minimum absolute atomic E-state index is 0.257. The third kappa shape index (κ3) is 1.84. The monoisotopic (exact) mass is 318 g/mol. The predicted molar refractivity (Wildman–Crippen MR) is 90.6 cm³/mol. The van der Waals surface area contributed by atoms with Crippen molar-refractivity contribution in [2.45, 2.75) is 19.4 Å². The molecule has 0 radical (unpaired) electrons. The summed E-state index contributed by atoms with van der Waals surface area (Å²) in [7, 11) is 0. The highest BCUT2D eigenvalue weighted by atomic mass is 19.1. The van der Waals surface area contributed by atoms with E-state index in [4.69, 9.17) is 5.10 Å². The quantitative estimate of drug-likeness (QED) is 0.560. The van der Waals surface area contributed by atoms with Crippen molar-refractivity contribution in [3.05, 3.63) is 66.2 Å². The third-order valence-corrected chi connectivity index (χ3v) is 4.63. The lowest BCUT2D eigenvalue weighted by molar-refractivity contribution is 0.626. The number of aromatic nitrogens is 4. The van der Waals surface area contributed by atoms with E-state index < -0.39 is 0 Å². The second-order valence-corrected chi connectivity index (χ2v) is 6.07. The average Bonchev–Trinajstić information content (AvgIpc) is 3.29. The van der Waals surface area contributed by atoms with Crippen molar-refractivity contribution in [1.82, 2.24) is 19.6 Å². The maximum absolute atomic E-state index is 14.4. The van der Waals surface area contributed by atoms with Gasteiger partial charge in [0.2, 0.25) is 0 Å². The van der Waals surface area contributed by atoms with Crippen molar-refractivity contribution in [1.29, 1.82) is 0 Å². The summed E-state index contributed by atoms with van der Waals surface area (Å²) in [4.78, 5) is 0. The first-order valence-corrected chi connectivity index (χ1v) is 8.10. The van der Waals surface area contributed by atoms with Gasteiger partial charge in [0.1, 0.15) is 17.2 Å². The highest BCUT2D eigenvalue weighted by molar-refractivity contribution is 5.83. The zero-order valence-corrected chi connectivity index (χ0v) is 13.0. The number of hydrogen-bond acceptors (Lipinski definition) is 2. The van der Waals surface area contributed by atoms with Crippen LogP contribution < -0.4 is 0 Å². The summed E-state index contributed by atoms with van der Waals surface area (Å²) in [5.41, 5.74) is 4.23. The van der Waals surface area contributed by atoms with Gasteiger partial charge in [-0.25, -0.2) is 9.07 Å². The smallest absolute Gasteiger partial charge is 0.132 e. The van der Waals surface area contributed by atoms with Crippen LogP contribution in [0, 0.1) is 5.82 Å². The van der Waals surface area contributed by atoms with E-state index in [0.717, 1.165) is 41.7 Å². The summed E-state index contributed by atoms with van der Waals surface area (Å²) in [5.74, 6) is -0.257. The molecule has 0 atom stereocenters. The zero-order valence-electron chi connectivity index (χ0n) is 13.0. The molecule has 3 heterocycles. The largest absolute Gasteiger partial charge is 0.267 e. The number of nitrogens with zero attached hydrogens (tertiary/aromatic N) is 4. The van der Waals surface area contributed by atoms with Crippen LogP contribution in [0.4, 0.5) is 4.39 Å². The number of fused-ring (bicyclic) bond motifs is 2. The maximum atomic E-state index is 14.4. The van der Waals surface area contributed by atoms with Gasteiger partial charge >= 0.3 is 0 Å². The molecule has 4 aromatic rings. The minimum atomic E-state index is -0.257. The lowest BCUT2D eigenvalue weighted by Gasteiger charge is -2.07. The van der Waals surface area contributed by atoms with E-state index in [0.29, 0.717) is 11.3 Å². The van der Waals surface area contributed by atoms with Crippen LogP contribution in [0.2, 0.25) is 0 Å².